The summed E-state index contributed by atoms with van der Waals surface area (Å²) in [6.45, 7) is 4.01. The molecule has 0 aromatic heterocycles. The number of amides is 1. The predicted molar refractivity (Wildman–Crippen MR) is 92.6 cm³/mol. The Labute approximate surface area is 139 Å². The molecule has 0 saturated carbocycles. The van der Waals surface area contributed by atoms with Gasteiger partial charge in [-0.1, -0.05) is 37.9 Å². The second kappa shape index (κ2) is 5.39. The molecule has 0 radical (unpaired) electrons. The number of anilines is 1. The number of carbonyl (C=O) groups is 1. The van der Waals surface area contributed by atoms with Crippen molar-refractivity contribution in [2.75, 3.05) is 5.32 Å². The molecular weight excluding hydrogens is 396 g/mol. The molecule has 0 aliphatic carbocycles. The predicted octanol–water partition coefficient (Wildman–Crippen LogP) is 4.90. The molecule has 1 aliphatic heterocycles. The van der Waals surface area contributed by atoms with E-state index in [-0.39, 0.29) is 5.91 Å². The van der Waals surface area contributed by atoms with E-state index in [0.29, 0.717) is 5.71 Å². The van der Waals surface area contributed by atoms with Gasteiger partial charge in [-0.25, -0.2) is 4.99 Å². The molecule has 0 bridgehead atoms. The van der Waals surface area contributed by atoms with E-state index in [0.717, 1.165) is 37.0 Å². The van der Waals surface area contributed by atoms with Crippen molar-refractivity contribution < 1.29 is 4.79 Å². The summed E-state index contributed by atoms with van der Waals surface area (Å²) in [6.07, 6.45) is 0. The highest BCUT2D eigenvalue weighted by molar-refractivity contribution is 9.10. The smallest absolute Gasteiger partial charge is 0.275 e. The summed E-state index contributed by atoms with van der Waals surface area (Å²) < 4.78 is 1.95. The van der Waals surface area contributed by atoms with Gasteiger partial charge in [-0.2, -0.15) is 0 Å². The maximum Gasteiger partial charge on any atom is 0.275 e. The second-order valence-corrected chi connectivity index (χ2v) is 6.70. The summed E-state index contributed by atoms with van der Waals surface area (Å²) in [5.41, 5.74) is 5.06. The molecule has 0 unspecified atom stereocenters. The Hall–Kier alpha value is -1.46. The van der Waals surface area contributed by atoms with Gasteiger partial charge < -0.3 is 5.32 Å². The van der Waals surface area contributed by atoms with Crippen LogP contribution in [0.25, 0.3) is 0 Å². The third kappa shape index (κ3) is 2.68. The minimum atomic E-state index is -0.167. The van der Waals surface area contributed by atoms with Gasteiger partial charge in [0.15, 0.2) is 0 Å². The lowest BCUT2D eigenvalue weighted by Gasteiger charge is -2.03. The van der Waals surface area contributed by atoms with E-state index in [9.17, 15) is 4.79 Å². The van der Waals surface area contributed by atoms with Crippen molar-refractivity contribution in [3.05, 3.63) is 56.0 Å². The van der Waals surface area contributed by atoms with Crippen molar-refractivity contribution in [2.45, 2.75) is 13.8 Å². The van der Waals surface area contributed by atoms with Crippen LogP contribution >= 0.6 is 31.9 Å². The van der Waals surface area contributed by atoms with Crippen LogP contribution in [0.3, 0.4) is 0 Å². The van der Waals surface area contributed by atoms with Crippen LogP contribution in [0.5, 0.6) is 0 Å². The van der Waals surface area contributed by atoms with Crippen LogP contribution in [-0.2, 0) is 4.79 Å². The van der Waals surface area contributed by atoms with Crippen molar-refractivity contribution in [3.63, 3.8) is 0 Å². The molecule has 3 nitrogen and oxygen atoms in total. The van der Waals surface area contributed by atoms with Gasteiger partial charge in [0.25, 0.3) is 5.91 Å². The van der Waals surface area contributed by atoms with E-state index >= 15 is 0 Å². The number of benzene rings is 2. The monoisotopic (exact) mass is 406 g/mol. The van der Waals surface area contributed by atoms with Crippen LogP contribution in [0, 0.1) is 13.8 Å². The molecule has 0 saturated heterocycles. The molecule has 0 atom stereocenters. The minimum absolute atomic E-state index is 0.167. The van der Waals surface area contributed by atoms with E-state index in [1.54, 1.807) is 0 Å². The maximum atomic E-state index is 12.1. The Bertz CT molecular complexity index is 797. The lowest BCUT2D eigenvalue weighted by Crippen LogP contribution is -2.13. The quantitative estimate of drug-likeness (QED) is 0.717. The lowest BCUT2D eigenvalue weighted by atomic mass is 10.1. The summed E-state index contributed by atoms with van der Waals surface area (Å²) in [7, 11) is 0. The summed E-state index contributed by atoms with van der Waals surface area (Å²) in [5.74, 6) is -0.167. The number of aliphatic imine (C=N–C) groups is 1. The molecule has 3 rings (SSSR count). The maximum absolute atomic E-state index is 12.1. The van der Waals surface area contributed by atoms with Gasteiger partial charge in [0.05, 0.1) is 11.4 Å². The molecule has 106 valence electrons. The average Bonchev–Trinajstić information content (AvgIpc) is 2.71. The number of halogens is 2. The number of nitrogens with zero attached hydrogens (tertiary/aromatic N) is 1. The normalized spacial score (nSPS) is 15.2. The van der Waals surface area contributed by atoms with Crippen molar-refractivity contribution in [1.82, 2.24) is 0 Å². The second-order valence-electron chi connectivity index (χ2n) is 4.99. The largest absolute Gasteiger partial charge is 0.320 e. The Morgan fingerprint density at radius 1 is 1.00 bits per heavy atom. The third-order valence-corrected chi connectivity index (χ3v) is 5.12. The number of nitrogens with one attached hydrogen (secondary N) is 1. The van der Waals surface area contributed by atoms with Gasteiger partial charge in [-0.3, -0.25) is 4.79 Å². The van der Waals surface area contributed by atoms with E-state index in [4.69, 9.17) is 0 Å². The molecule has 1 heterocycles. The van der Waals surface area contributed by atoms with E-state index < -0.39 is 0 Å². The van der Waals surface area contributed by atoms with Gasteiger partial charge in [0.1, 0.15) is 5.71 Å². The molecule has 1 aliphatic rings. The van der Waals surface area contributed by atoms with Crippen LogP contribution in [0.4, 0.5) is 11.4 Å². The third-order valence-electron chi connectivity index (χ3n) is 3.41. The van der Waals surface area contributed by atoms with Gasteiger partial charge in [0.2, 0.25) is 0 Å². The minimum Gasteiger partial charge on any atom is -0.320 e. The molecule has 5 heteroatoms. The first-order chi connectivity index (χ1) is 9.95. The number of rotatable bonds is 1. The lowest BCUT2D eigenvalue weighted by molar-refractivity contribution is -0.110. The van der Waals surface area contributed by atoms with Gasteiger partial charge in [-0.15, -0.1) is 0 Å². The van der Waals surface area contributed by atoms with E-state index in [1.165, 1.54) is 0 Å². The van der Waals surface area contributed by atoms with Crippen LogP contribution < -0.4 is 5.32 Å². The first kappa shape index (κ1) is 14.5. The van der Waals surface area contributed by atoms with Crippen molar-refractivity contribution in [2.24, 2.45) is 4.99 Å². The molecule has 2 aromatic rings. The van der Waals surface area contributed by atoms with Gasteiger partial charge in [0, 0.05) is 14.5 Å². The number of fused-ring (bicyclic) bond motifs is 1. The highest BCUT2D eigenvalue weighted by Gasteiger charge is 2.26. The summed E-state index contributed by atoms with van der Waals surface area (Å²) >= 11 is 6.96. The number of aryl methyl sites for hydroxylation is 2. The first-order valence-corrected chi connectivity index (χ1v) is 8.01. The van der Waals surface area contributed by atoms with E-state index in [1.807, 2.05) is 44.2 Å². The fraction of sp³-hybridized carbons (Fsp3) is 0.125. The van der Waals surface area contributed by atoms with Crippen LogP contribution in [-0.4, -0.2) is 11.6 Å². The molecule has 1 N–H and O–H groups in total. The van der Waals surface area contributed by atoms with Crippen LogP contribution in [0.1, 0.15) is 16.7 Å². The molecule has 0 fully saturated rings. The van der Waals surface area contributed by atoms with E-state index in [2.05, 4.69) is 42.2 Å². The van der Waals surface area contributed by atoms with Crippen molar-refractivity contribution in [3.8, 4) is 0 Å². The Balaban J connectivity index is 2.11. The summed E-state index contributed by atoms with van der Waals surface area (Å²) in [5, 5.41) is 2.85. The molecule has 21 heavy (non-hydrogen) atoms. The topological polar surface area (TPSA) is 41.5 Å². The summed E-state index contributed by atoms with van der Waals surface area (Å²) in [6, 6.07) is 9.68. The molecular formula is C16H12Br2N2O. The molecule has 2 aromatic carbocycles. The number of hydrogen-bond donors (Lipinski definition) is 1. The van der Waals surface area contributed by atoms with Crippen molar-refractivity contribution >= 4 is 54.9 Å². The zero-order valence-corrected chi connectivity index (χ0v) is 14.7. The fourth-order valence-corrected chi connectivity index (χ4v) is 2.89. The van der Waals surface area contributed by atoms with Gasteiger partial charge in [-0.05, 0) is 49.2 Å². The van der Waals surface area contributed by atoms with Crippen LogP contribution in [0.2, 0.25) is 0 Å². The standard InChI is InChI=1S/C16H12Br2N2O/c1-8-3-4-10(6-12(8)17)19-15-11-5-9(2)13(18)7-14(11)20-16(15)21/h3-7H,1-2H3,(H,19,20,21). The summed E-state index contributed by atoms with van der Waals surface area (Å²) in [4.78, 5) is 16.7. The SMILES string of the molecule is Cc1ccc(N=C2C(=O)Nc3cc(Br)c(C)cc32)cc1Br. The number of carbonyl (C=O) groups excluding carboxylic acids is 1. The fourth-order valence-electron chi connectivity index (χ4n) is 2.18. The van der Waals surface area contributed by atoms with Gasteiger partial charge >= 0.3 is 0 Å². The number of hydrogen-bond acceptors (Lipinski definition) is 2. The molecule has 1 amide bonds. The Morgan fingerprint density at radius 2 is 1.71 bits per heavy atom. The average molecular weight is 408 g/mol. The van der Waals surface area contributed by atoms with Crippen LogP contribution in [0.15, 0.2) is 44.3 Å². The molecule has 0 spiro atoms. The zero-order chi connectivity index (χ0) is 15.1. The highest BCUT2D eigenvalue weighted by atomic mass is 79.9. The Morgan fingerprint density at radius 3 is 2.43 bits per heavy atom. The zero-order valence-electron chi connectivity index (χ0n) is 11.5. The Kier molecular flexibility index (Phi) is 3.71. The highest BCUT2D eigenvalue weighted by Crippen LogP contribution is 2.31. The first-order valence-electron chi connectivity index (χ1n) is 6.42. The van der Waals surface area contributed by atoms with Crippen molar-refractivity contribution in [1.29, 1.82) is 0 Å².